The number of hydrogen-bond donors (Lipinski definition) is 1. The van der Waals surface area contributed by atoms with Crippen LogP contribution in [0.3, 0.4) is 0 Å². The minimum Gasteiger partial charge on any atom is -0.320 e. The Balaban J connectivity index is 2.13. The van der Waals surface area contributed by atoms with E-state index in [9.17, 15) is 18.0 Å². The summed E-state index contributed by atoms with van der Waals surface area (Å²) in [7, 11) is 0. The first-order chi connectivity index (χ1) is 14.6. The Bertz CT molecular complexity index is 1060. The van der Waals surface area contributed by atoms with Crippen molar-refractivity contribution in [3.63, 3.8) is 0 Å². The molecule has 0 fully saturated rings. The number of carbonyl (C=O) groups excluding carboxylic acids is 1. The molecular formula is C23H23F3N2OS2. The molecule has 1 amide bonds. The minimum atomic E-state index is -4.49. The lowest BCUT2D eigenvalue weighted by Crippen LogP contribution is -2.17. The average Bonchev–Trinajstić information content (AvgIpc) is 2.66. The van der Waals surface area contributed by atoms with E-state index in [-0.39, 0.29) is 16.1 Å². The summed E-state index contributed by atoms with van der Waals surface area (Å²) in [5.74, 6) is -0.446. The fraction of sp³-hybridized carbons (Fsp3) is 0.304. The summed E-state index contributed by atoms with van der Waals surface area (Å²) < 4.78 is 40.6. The first kappa shape index (κ1) is 23.5. The fourth-order valence-corrected chi connectivity index (χ4v) is 5.17. The second kappa shape index (κ2) is 9.53. The van der Waals surface area contributed by atoms with Gasteiger partial charge in [0.25, 0.3) is 5.91 Å². The van der Waals surface area contributed by atoms with Crippen LogP contribution in [-0.4, -0.2) is 21.4 Å². The molecule has 3 aromatic rings. The number of nitrogens with one attached hydrogen (secondary N) is 1. The van der Waals surface area contributed by atoms with Crippen LogP contribution in [0.15, 0.2) is 58.5 Å². The number of amides is 1. The first-order valence-corrected chi connectivity index (χ1v) is 11.6. The third kappa shape index (κ3) is 5.74. The summed E-state index contributed by atoms with van der Waals surface area (Å²) in [6, 6.07) is 11.3. The molecule has 0 spiro atoms. The summed E-state index contributed by atoms with van der Waals surface area (Å²) in [5.41, 5.74) is 0.658. The molecule has 2 aromatic carbocycles. The monoisotopic (exact) mass is 464 g/mol. The predicted octanol–water partition coefficient (Wildman–Crippen LogP) is 7.51. The van der Waals surface area contributed by atoms with Crippen molar-refractivity contribution in [1.82, 2.24) is 4.98 Å². The molecule has 0 bridgehead atoms. The molecule has 0 atom stereocenters. The van der Waals surface area contributed by atoms with E-state index in [0.717, 1.165) is 17.5 Å². The zero-order valence-electron chi connectivity index (χ0n) is 17.6. The summed E-state index contributed by atoms with van der Waals surface area (Å²) in [5, 5.41) is 3.75. The van der Waals surface area contributed by atoms with Crippen LogP contribution in [0.25, 0.3) is 10.9 Å². The second-order valence-corrected chi connectivity index (χ2v) is 10.7. The average molecular weight is 465 g/mol. The van der Waals surface area contributed by atoms with Crippen molar-refractivity contribution in [2.24, 2.45) is 0 Å². The van der Waals surface area contributed by atoms with Crippen molar-refractivity contribution >= 4 is 46.0 Å². The predicted molar refractivity (Wildman–Crippen MR) is 123 cm³/mol. The van der Waals surface area contributed by atoms with Crippen molar-refractivity contribution in [3.05, 3.63) is 59.8 Å². The number of aromatic nitrogens is 1. The molecule has 0 unspecified atom stereocenters. The summed E-state index contributed by atoms with van der Waals surface area (Å²) in [4.78, 5) is 18.4. The van der Waals surface area contributed by atoms with E-state index in [1.54, 1.807) is 24.4 Å². The normalized spacial score (nSPS) is 12.0. The number of thioether (sulfide) groups is 2. The zero-order chi connectivity index (χ0) is 22.8. The lowest BCUT2D eigenvalue weighted by atomic mass is 10.1. The highest BCUT2D eigenvalue weighted by Crippen LogP contribution is 2.41. The number of anilines is 1. The Kier molecular flexibility index (Phi) is 7.21. The van der Waals surface area contributed by atoms with E-state index in [2.05, 4.69) is 10.3 Å². The van der Waals surface area contributed by atoms with Gasteiger partial charge >= 0.3 is 6.18 Å². The number of nitrogens with zero attached hydrogens (tertiary/aromatic N) is 1. The van der Waals surface area contributed by atoms with Crippen LogP contribution in [0.4, 0.5) is 18.9 Å². The number of alkyl halides is 3. The number of pyridine rings is 1. The number of fused-ring (bicyclic) bond motifs is 1. The van der Waals surface area contributed by atoms with Crippen molar-refractivity contribution in [2.75, 3.05) is 5.32 Å². The van der Waals surface area contributed by atoms with E-state index in [4.69, 9.17) is 0 Å². The molecule has 0 aliphatic heterocycles. The van der Waals surface area contributed by atoms with Crippen LogP contribution >= 0.6 is 23.5 Å². The third-order valence-corrected chi connectivity index (χ3v) is 6.32. The lowest BCUT2D eigenvalue weighted by molar-refractivity contribution is -0.137. The standard InChI is InChI=1S/C23H23F3N2OS2/c1-13(2)30-18-11-16(23(24,25)26)12-19(31-14(3)4)20(18)22(29)28-17-9-5-7-15-8-6-10-27-21(15)17/h5-14H,1-4H3,(H,28,29). The van der Waals surface area contributed by atoms with Gasteiger partial charge in [0.1, 0.15) is 0 Å². The highest BCUT2D eigenvalue weighted by atomic mass is 32.2. The number of para-hydroxylation sites is 1. The number of halogens is 3. The molecule has 31 heavy (non-hydrogen) atoms. The highest BCUT2D eigenvalue weighted by molar-refractivity contribution is 8.00. The van der Waals surface area contributed by atoms with E-state index in [1.807, 2.05) is 39.8 Å². The quantitative estimate of drug-likeness (QED) is 0.383. The molecule has 1 N–H and O–H groups in total. The Morgan fingerprint density at radius 3 is 2.10 bits per heavy atom. The van der Waals surface area contributed by atoms with Gasteiger partial charge in [-0.15, -0.1) is 23.5 Å². The number of rotatable bonds is 6. The van der Waals surface area contributed by atoms with Gasteiger partial charge in [0.2, 0.25) is 0 Å². The molecule has 0 aliphatic rings. The van der Waals surface area contributed by atoms with Crippen molar-refractivity contribution in [2.45, 2.75) is 54.2 Å². The van der Waals surface area contributed by atoms with Crippen LogP contribution in [-0.2, 0) is 6.18 Å². The largest absolute Gasteiger partial charge is 0.416 e. The maximum absolute atomic E-state index is 13.5. The summed E-state index contributed by atoms with van der Waals surface area (Å²) >= 11 is 2.50. The van der Waals surface area contributed by atoms with Crippen LogP contribution in [0.2, 0.25) is 0 Å². The van der Waals surface area contributed by atoms with Crippen LogP contribution in [0, 0.1) is 0 Å². The summed E-state index contributed by atoms with van der Waals surface area (Å²) in [6.07, 6.45) is -2.86. The molecule has 0 saturated carbocycles. The molecule has 1 heterocycles. The third-order valence-electron chi connectivity index (χ3n) is 4.23. The molecule has 3 nitrogen and oxygen atoms in total. The SMILES string of the molecule is CC(C)Sc1cc(C(F)(F)F)cc(SC(C)C)c1C(=O)Nc1cccc2cccnc12. The maximum Gasteiger partial charge on any atom is 0.416 e. The van der Waals surface area contributed by atoms with Gasteiger partial charge in [0.05, 0.1) is 22.3 Å². The zero-order valence-corrected chi connectivity index (χ0v) is 19.2. The maximum atomic E-state index is 13.5. The second-order valence-electron chi connectivity index (χ2n) is 7.51. The van der Waals surface area contributed by atoms with Gasteiger partial charge in [-0.25, -0.2) is 0 Å². The van der Waals surface area contributed by atoms with Crippen LogP contribution in [0.5, 0.6) is 0 Å². The Morgan fingerprint density at radius 2 is 1.55 bits per heavy atom. The Labute approximate surface area is 188 Å². The number of carbonyl (C=O) groups is 1. The number of benzene rings is 2. The minimum absolute atomic E-state index is 0.00570. The van der Waals surface area contributed by atoms with E-state index < -0.39 is 17.6 Å². The van der Waals surface area contributed by atoms with Crippen LogP contribution in [0.1, 0.15) is 43.6 Å². The molecule has 8 heteroatoms. The highest BCUT2D eigenvalue weighted by Gasteiger charge is 2.33. The van der Waals surface area contributed by atoms with Gasteiger partial charge in [-0.05, 0) is 24.3 Å². The Morgan fingerprint density at radius 1 is 0.968 bits per heavy atom. The molecular weight excluding hydrogens is 441 g/mol. The molecule has 0 radical (unpaired) electrons. The van der Waals surface area contributed by atoms with Gasteiger partial charge < -0.3 is 5.32 Å². The topological polar surface area (TPSA) is 42.0 Å². The number of hydrogen-bond acceptors (Lipinski definition) is 4. The van der Waals surface area contributed by atoms with Gasteiger partial charge in [0, 0.05) is 31.9 Å². The molecule has 1 aromatic heterocycles. The van der Waals surface area contributed by atoms with E-state index in [1.165, 1.54) is 23.5 Å². The van der Waals surface area contributed by atoms with Crippen molar-refractivity contribution in [1.29, 1.82) is 0 Å². The van der Waals surface area contributed by atoms with E-state index in [0.29, 0.717) is 21.0 Å². The smallest absolute Gasteiger partial charge is 0.320 e. The first-order valence-electron chi connectivity index (χ1n) is 9.80. The summed E-state index contributed by atoms with van der Waals surface area (Å²) in [6.45, 7) is 7.54. The van der Waals surface area contributed by atoms with Gasteiger partial charge in [0.15, 0.2) is 0 Å². The molecule has 0 saturated heterocycles. The van der Waals surface area contributed by atoms with Crippen molar-refractivity contribution < 1.29 is 18.0 Å². The van der Waals surface area contributed by atoms with Crippen LogP contribution < -0.4 is 5.32 Å². The van der Waals surface area contributed by atoms with Gasteiger partial charge in [-0.1, -0.05) is 45.9 Å². The van der Waals surface area contributed by atoms with Crippen molar-refractivity contribution in [3.8, 4) is 0 Å². The fourth-order valence-electron chi connectivity index (χ4n) is 3.06. The van der Waals surface area contributed by atoms with Gasteiger partial charge in [-0.3, -0.25) is 9.78 Å². The van der Waals surface area contributed by atoms with Gasteiger partial charge in [-0.2, -0.15) is 13.2 Å². The molecule has 0 aliphatic carbocycles. The molecule has 3 rings (SSSR count). The molecule has 164 valence electrons. The van der Waals surface area contributed by atoms with E-state index >= 15 is 0 Å². The Hall–Kier alpha value is -2.19. The lowest BCUT2D eigenvalue weighted by Gasteiger charge is -2.20.